The van der Waals surface area contributed by atoms with E-state index in [9.17, 15) is 4.79 Å². The van der Waals surface area contributed by atoms with Crippen molar-refractivity contribution in [3.05, 3.63) is 52.5 Å². The molecule has 0 spiro atoms. The first-order valence-electron chi connectivity index (χ1n) is 7.41. The topological polar surface area (TPSA) is 47.6 Å². The van der Waals surface area contributed by atoms with Crippen molar-refractivity contribution < 1.29 is 14.3 Å². The molecule has 0 bridgehead atoms. The third-order valence-electron chi connectivity index (χ3n) is 3.34. The Hall–Kier alpha value is -2.01. The molecule has 23 heavy (non-hydrogen) atoms. The zero-order valence-corrected chi connectivity index (χ0v) is 14.9. The number of hydrogen-bond acceptors (Lipinski definition) is 3. The molecule has 5 heteroatoms. The van der Waals surface area contributed by atoms with Crippen LogP contribution in [0, 0.1) is 6.92 Å². The van der Waals surface area contributed by atoms with Crippen molar-refractivity contribution in [1.29, 1.82) is 0 Å². The number of methoxy groups -OCH3 is 1. The first-order valence-corrected chi connectivity index (χ1v) is 8.20. The lowest BCUT2D eigenvalue weighted by Crippen LogP contribution is -2.13. The third kappa shape index (κ3) is 5.60. The normalized spacial score (nSPS) is 10.2. The molecule has 2 aromatic carbocycles. The average Bonchev–Trinajstić information content (AvgIpc) is 2.55. The van der Waals surface area contributed by atoms with Crippen LogP contribution in [0.3, 0.4) is 0 Å². The van der Waals surface area contributed by atoms with Crippen molar-refractivity contribution in [3.63, 3.8) is 0 Å². The lowest BCUT2D eigenvalue weighted by atomic mass is 10.2. The van der Waals surface area contributed by atoms with Crippen LogP contribution >= 0.6 is 15.9 Å². The number of aryl methyl sites for hydroxylation is 1. The molecule has 0 aliphatic heterocycles. The van der Waals surface area contributed by atoms with E-state index in [-0.39, 0.29) is 5.91 Å². The van der Waals surface area contributed by atoms with Crippen LogP contribution in [0.4, 0.5) is 5.69 Å². The van der Waals surface area contributed by atoms with Crippen LogP contribution in [-0.4, -0.2) is 19.6 Å². The molecule has 0 aromatic heterocycles. The molecule has 122 valence electrons. The maximum absolute atomic E-state index is 11.9. The van der Waals surface area contributed by atoms with Gasteiger partial charge in [-0.25, -0.2) is 0 Å². The lowest BCUT2D eigenvalue weighted by Gasteiger charge is -2.09. The summed E-state index contributed by atoms with van der Waals surface area (Å²) in [6, 6.07) is 13.2. The molecule has 0 fully saturated rings. The number of carbonyl (C=O) groups excluding carboxylic acids is 1. The molecule has 0 aliphatic carbocycles. The monoisotopic (exact) mass is 377 g/mol. The Bertz CT molecular complexity index is 656. The molecule has 1 amide bonds. The lowest BCUT2D eigenvalue weighted by molar-refractivity contribution is -0.116. The molecule has 1 N–H and O–H groups in total. The fourth-order valence-corrected chi connectivity index (χ4v) is 2.55. The standard InChI is InChI=1S/C18H20BrNO3/c1-13-12-14(19)5-10-17(13)20-18(21)4-3-11-23-16-8-6-15(22-2)7-9-16/h5-10,12H,3-4,11H2,1-2H3,(H,20,21). The minimum atomic E-state index is -0.00578. The van der Waals surface area contributed by atoms with Gasteiger partial charge < -0.3 is 14.8 Å². The van der Waals surface area contributed by atoms with E-state index in [2.05, 4.69) is 21.2 Å². The number of amides is 1. The summed E-state index contributed by atoms with van der Waals surface area (Å²) in [5.41, 5.74) is 1.87. The third-order valence-corrected chi connectivity index (χ3v) is 3.83. The van der Waals surface area contributed by atoms with Crippen LogP contribution in [0.1, 0.15) is 18.4 Å². The van der Waals surface area contributed by atoms with Gasteiger partial charge in [0.2, 0.25) is 5.91 Å². The molecule has 2 rings (SSSR count). The molecule has 0 saturated heterocycles. The van der Waals surface area contributed by atoms with Gasteiger partial charge >= 0.3 is 0 Å². The molecule has 4 nitrogen and oxygen atoms in total. The summed E-state index contributed by atoms with van der Waals surface area (Å²) in [4.78, 5) is 11.9. The van der Waals surface area contributed by atoms with Crippen LogP contribution in [0.2, 0.25) is 0 Å². The summed E-state index contributed by atoms with van der Waals surface area (Å²) in [6.07, 6.45) is 1.08. The Labute approximate surface area is 144 Å². The number of ether oxygens (including phenoxy) is 2. The zero-order chi connectivity index (χ0) is 16.7. The molecule has 0 saturated carbocycles. The number of rotatable bonds is 7. The van der Waals surface area contributed by atoms with Crippen molar-refractivity contribution in [2.75, 3.05) is 19.0 Å². The Kier molecular flexibility index (Phi) is 6.47. The number of nitrogens with one attached hydrogen (secondary N) is 1. The van der Waals surface area contributed by atoms with Crippen molar-refractivity contribution in [1.82, 2.24) is 0 Å². The highest BCUT2D eigenvalue weighted by atomic mass is 79.9. The largest absolute Gasteiger partial charge is 0.497 e. The van der Waals surface area contributed by atoms with E-state index in [1.807, 2.05) is 49.4 Å². The van der Waals surface area contributed by atoms with Gasteiger partial charge in [0.15, 0.2) is 0 Å². The van der Waals surface area contributed by atoms with E-state index < -0.39 is 0 Å². The van der Waals surface area contributed by atoms with Gasteiger partial charge in [-0.1, -0.05) is 15.9 Å². The van der Waals surface area contributed by atoms with Crippen molar-refractivity contribution >= 4 is 27.5 Å². The highest BCUT2D eigenvalue weighted by molar-refractivity contribution is 9.10. The predicted molar refractivity (Wildman–Crippen MR) is 95.2 cm³/mol. The molecule has 0 unspecified atom stereocenters. The van der Waals surface area contributed by atoms with Gasteiger partial charge in [-0.3, -0.25) is 4.79 Å². The van der Waals surface area contributed by atoms with Gasteiger partial charge in [0.05, 0.1) is 13.7 Å². The Balaban J connectivity index is 1.72. The van der Waals surface area contributed by atoms with Gasteiger partial charge in [-0.05, 0) is 61.4 Å². The van der Waals surface area contributed by atoms with Gasteiger partial charge in [0.25, 0.3) is 0 Å². The number of anilines is 1. The van der Waals surface area contributed by atoms with E-state index in [1.54, 1.807) is 7.11 Å². The second-order valence-corrected chi connectivity index (χ2v) is 6.05. The van der Waals surface area contributed by atoms with E-state index >= 15 is 0 Å². The first kappa shape index (κ1) is 17.3. The summed E-state index contributed by atoms with van der Waals surface area (Å²) >= 11 is 3.41. The van der Waals surface area contributed by atoms with Crippen LogP contribution < -0.4 is 14.8 Å². The molecular weight excluding hydrogens is 358 g/mol. The van der Waals surface area contributed by atoms with Crippen LogP contribution in [-0.2, 0) is 4.79 Å². The van der Waals surface area contributed by atoms with Gasteiger partial charge in [0.1, 0.15) is 11.5 Å². The predicted octanol–water partition coefficient (Wildman–Crippen LogP) is 4.56. The molecule has 0 radical (unpaired) electrons. The minimum Gasteiger partial charge on any atom is -0.497 e. The van der Waals surface area contributed by atoms with E-state index in [0.29, 0.717) is 19.4 Å². The Morgan fingerprint density at radius 2 is 1.83 bits per heavy atom. The highest BCUT2D eigenvalue weighted by Crippen LogP contribution is 2.20. The summed E-state index contributed by atoms with van der Waals surface area (Å²) in [7, 11) is 1.63. The van der Waals surface area contributed by atoms with Crippen molar-refractivity contribution in [2.45, 2.75) is 19.8 Å². The molecular formula is C18H20BrNO3. The molecule has 0 heterocycles. The fraction of sp³-hybridized carbons (Fsp3) is 0.278. The summed E-state index contributed by atoms with van der Waals surface area (Å²) in [6.45, 7) is 2.46. The van der Waals surface area contributed by atoms with Gasteiger partial charge in [-0.15, -0.1) is 0 Å². The second kappa shape index (κ2) is 8.58. The second-order valence-electron chi connectivity index (χ2n) is 5.13. The Morgan fingerprint density at radius 3 is 2.48 bits per heavy atom. The maximum atomic E-state index is 11.9. The van der Waals surface area contributed by atoms with Crippen molar-refractivity contribution in [3.8, 4) is 11.5 Å². The van der Waals surface area contributed by atoms with Gasteiger partial charge in [0, 0.05) is 16.6 Å². The van der Waals surface area contributed by atoms with E-state index in [4.69, 9.17) is 9.47 Å². The fourth-order valence-electron chi connectivity index (χ4n) is 2.07. The minimum absolute atomic E-state index is 0.00578. The number of hydrogen-bond donors (Lipinski definition) is 1. The maximum Gasteiger partial charge on any atom is 0.224 e. The summed E-state index contributed by atoms with van der Waals surface area (Å²) < 4.78 is 11.7. The summed E-state index contributed by atoms with van der Waals surface area (Å²) in [5, 5.41) is 2.92. The van der Waals surface area contributed by atoms with E-state index in [0.717, 1.165) is 27.2 Å². The van der Waals surface area contributed by atoms with Crippen LogP contribution in [0.5, 0.6) is 11.5 Å². The number of carbonyl (C=O) groups is 1. The number of benzene rings is 2. The zero-order valence-electron chi connectivity index (χ0n) is 13.3. The molecule has 0 atom stereocenters. The molecule has 2 aromatic rings. The molecule has 0 aliphatic rings. The van der Waals surface area contributed by atoms with Crippen LogP contribution in [0.25, 0.3) is 0 Å². The summed E-state index contributed by atoms with van der Waals surface area (Å²) in [5.74, 6) is 1.56. The average molecular weight is 378 g/mol. The highest BCUT2D eigenvalue weighted by Gasteiger charge is 2.05. The quantitative estimate of drug-likeness (QED) is 0.719. The number of halogens is 1. The SMILES string of the molecule is COc1ccc(OCCCC(=O)Nc2ccc(Br)cc2C)cc1. The smallest absolute Gasteiger partial charge is 0.224 e. The van der Waals surface area contributed by atoms with Gasteiger partial charge in [-0.2, -0.15) is 0 Å². The first-order chi connectivity index (χ1) is 11.1. The van der Waals surface area contributed by atoms with E-state index in [1.165, 1.54) is 0 Å². The van der Waals surface area contributed by atoms with Crippen molar-refractivity contribution in [2.24, 2.45) is 0 Å². The van der Waals surface area contributed by atoms with Crippen LogP contribution in [0.15, 0.2) is 46.9 Å². The Morgan fingerprint density at radius 1 is 1.13 bits per heavy atom.